The molecular weight excluding hydrogens is 353 g/mol. The number of fused-ring (bicyclic) bond motifs is 1. The fourth-order valence-electron chi connectivity index (χ4n) is 2.03. The minimum atomic E-state index is -0.495. The maximum atomic E-state index is 13.2. The normalized spacial score (nSPS) is 12.9. The monoisotopic (exact) mass is 363 g/mol. The zero-order valence-corrected chi connectivity index (χ0v) is 13.0. The van der Waals surface area contributed by atoms with E-state index in [-0.39, 0.29) is 19.0 Å². The van der Waals surface area contributed by atoms with Gasteiger partial charge >= 0.3 is 5.97 Å². The Balaban J connectivity index is 1.72. The number of esters is 1. The molecule has 3 rings (SSSR count). The Kier molecular flexibility index (Phi) is 4.20. The predicted octanol–water partition coefficient (Wildman–Crippen LogP) is 3.50. The van der Waals surface area contributed by atoms with E-state index in [0.29, 0.717) is 21.5 Å². The lowest BCUT2D eigenvalue weighted by Crippen LogP contribution is -2.17. The average Bonchev–Trinajstić information content (AvgIpc) is 2.53. The van der Waals surface area contributed by atoms with Crippen LogP contribution in [0.2, 0.25) is 0 Å². The van der Waals surface area contributed by atoms with Gasteiger partial charge in [-0.1, -0.05) is 6.07 Å². The summed E-state index contributed by atoms with van der Waals surface area (Å²) in [5.41, 5.74) is 1.64. The summed E-state index contributed by atoms with van der Waals surface area (Å²) in [5, 5.41) is 0. The number of nitrogens with zero attached hydrogens (tertiary/aromatic N) is 1. The van der Waals surface area contributed by atoms with Crippen molar-refractivity contribution in [3.05, 3.63) is 63.6 Å². The molecule has 0 atom stereocenters. The summed E-state index contributed by atoms with van der Waals surface area (Å²) in [7, 11) is 0. The number of hydrogen-bond donors (Lipinski definition) is 0. The highest BCUT2D eigenvalue weighted by atomic mass is 79.9. The second-order valence-corrected chi connectivity index (χ2v) is 5.42. The van der Waals surface area contributed by atoms with Crippen LogP contribution in [0.25, 0.3) is 6.08 Å². The zero-order chi connectivity index (χ0) is 15.5. The smallest absolute Gasteiger partial charge is 0.337 e. The lowest BCUT2D eigenvalue weighted by Gasteiger charge is -2.17. The Labute approximate surface area is 134 Å². The van der Waals surface area contributed by atoms with E-state index < -0.39 is 5.97 Å². The summed E-state index contributed by atoms with van der Waals surface area (Å²) in [6.45, 7) is 0.201. The maximum Gasteiger partial charge on any atom is 0.337 e. The molecule has 0 spiro atoms. The van der Waals surface area contributed by atoms with Crippen LogP contribution in [0.1, 0.15) is 11.1 Å². The molecule has 1 aliphatic heterocycles. The minimum Gasteiger partial charge on any atom is -0.488 e. The van der Waals surface area contributed by atoms with Gasteiger partial charge in [0.05, 0.1) is 5.57 Å². The Morgan fingerprint density at radius 2 is 2.27 bits per heavy atom. The summed E-state index contributed by atoms with van der Waals surface area (Å²) in [4.78, 5) is 16.1. The van der Waals surface area contributed by atoms with Gasteiger partial charge in [0, 0.05) is 17.3 Å². The van der Waals surface area contributed by atoms with E-state index in [9.17, 15) is 9.18 Å². The molecule has 2 aromatic rings. The lowest BCUT2D eigenvalue weighted by molar-refractivity contribution is -0.140. The molecule has 1 aliphatic rings. The van der Waals surface area contributed by atoms with Crippen molar-refractivity contribution in [2.75, 3.05) is 6.61 Å². The average molecular weight is 364 g/mol. The van der Waals surface area contributed by atoms with Crippen molar-refractivity contribution in [1.82, 2.24) is 4.98 Å². The van der Waals surface area contributed by atoms with Gasteiger partial charge < -0.3 is 9.47 Å². The molecule has 1 aromatic carbocycles. The second kappa shape index (κ2) is 6.27. The number of benzene rings is 1. The fraction of sp³-hybridized carbons (Fsp3) is 0.125. The fourth-order valence-corrected chi connectivity index (χ4v) is 2.39. The van der Waals surface area contributed by atoms with E-state index in [0.717, 1.165) is 5.56 Å². The van der Waals surface area contributed by atoms with Crippen molar-refractivity contribution in [2.45, 2.75) is 6.61 Å². The van der Waals surface area contributed by atoms with Crippen LogP contribution < -0.4 is 4.74 Å². The first kappa shape index (κ1) is 14.7. The molecule has 0 N–H and O–H groups in total. The zero-order valence-electron chi connectivity index (χ0n) is 11.4. The molecule has 1 aromatic heterocycles. The summed E-state index contributed by atoms with van der Waals surface area (Å²) >= 11 is 3.29. The number of pyridine rings is 1. The number of rotatable bonds is 3. The van der Waals surface area contributed by atoms with Crippen molar-refractivity contribution in [3.63, 3.8) is 0 Å². The van der Waals surface area contributed by atoms with Gasteiger partial charge in [-0.15, -0.1) is 0 Å². The minimum absolute atomic E-state index is 0.0978. The van der Waals surface area contributed by atoms with Gasteiger partial charge in [0.2, 0.25) is 0 Å². The van der Waals surface area contributed by atoms with Crippen molar-refractivity contribution >= 4 is 28.0 Å². The molecule has 0 radical (unpaired) electrons. The molecule has 0 aliphatic carbocycles. The van der Waals surface area contributed by atoms with Crippen LogP contribution in [0.3, 0.4) is 0 Å². The number of carbonyl (C=O) groups is 1. The van der Waals surface area contributed by atoms with Gasteiger partial charge in [-0.05, 0) is 46.3 Å². The molecule has 22 heavy (non-hydrogen) atoms. The molecule has 0 saturated carbocycles. The first-order chi connectivity index (χ1) is 10.6. The van der Waals surface area contributed by atoms with Crippen LogP contribution in [0.15, 0.2) is 46.7 Å². The van der Waals surface area contributed by atoms with Crippen molar-refractivity contribution < 1.29 is 18.7 Å². The Hall–Kier alpha value is -2.21. The lowest BCUT2D eigenvalue weighted by atomic mass is 10.1. The predicted molar refractivity (Wildman–Crippen MR) is 81.6 cm³/mol. The molecule has 0 fully saturated rings. The molecule has 112 valence electrons. The molecular formula is C16H11BrFNO3. The van der Waals surface area contributed by atoms with Gasteiger partial charge in [-0.3, -0.25) is 0 Å². The molecule has 0 saturated heterocycles. The molecule has 4 nitrogen and oxygen atoms in total. The summed E-state index contributed by atoms with van der Waals surface area (Å²) < 4.78 is 24.5. The van der Waals surface area contributed by atoms with Gasteiger partial charge in [0.1, 0.15) is 29.4 Å². The molecule has 0 bridgehead atoms. The van der Waals surface area contributed by atoms with E-state index >= 15 is 0 Å². The van der Waals surface area contributed by atoms with Crippen LogP contribution in [0.4, 0.5) is 4.39 Å². The highest BCUT2D eigenvalue weighted by molar-refractivity contribution is 9.10. The van der Waals surface area contributed by atoms with E-state index in [1.165, 1.54) is 18.2 Å². The first-order valence-electron chi connectivity index (χ1n) is 6.53. The van der Waals surface area contributed by atoms with E-state index in [4.69, 9.17) is 9.47 Å². The third kappa shape index (κ3) is 3.17. The van der Waals surface area contributed by atoms with Crippen LogP contribution >= 0.6 is 15.9 Å². The van der Waals surface area contributed by atoms with Gasteiger partial charge in [0.15, 0.2) is 0 Å². The topological polar surface area (TPSA) is 48.4 Å². The Morgan fingerprint density at radius 3 is 3.09 bits per heavy atom. The van der Waals surface area contributed by atoms with Gasteiger partial charge in [-0.25, -0.2) is 14.2 Å². The summed E-state index contributed by atoms with van der Waals surface area (Å²) in [6.07, 6.45) is 3.22. The SMILES string of the molecule is O=C(OCc1cccnc1Br)C1=Cc2cc(F)ccc2OC1. The number of aromatic nitrogens is 1. The highest BCUT2D eigenvalue weighted by Gasteiger charge is 2.19. The van der Waals surface area contributed by atoms with Gasteiger partial charge in [-0.2, -0.15) is 0 Å². The second-order valence-electron chi connectivity index (χ2n) is 4.67. The molecule has 0 amide bonds. The van der Waals surface area contributed by atoms with Crippen LogP contribution in [0, 0.1) is 5.82 Å². The first-order valence-corrected chi connectivity index (χ1v) is 7.32. The summed E-state index contributed by atoms with van der Waals surface area (Å²) in [6, 6.07) is 7.74. The third-order valence-electron chi connectivity index (χ3n) is 3.14. The largest absolute Gasteiger partial charge is 0.488 e. The highest BCUT2D eigenvalue weighted by Crippen LogP contribution is 2.27. The quantitative estimate of drug-likeness (QED) is 0.618. The van der Waals surface area contributed by atoms with Crippen LogP contribution in [0.5, 0.6) is 5.75 Å². The number of halogens is 2. The standard InChI is InChI=1S/C16H11BrFNO3/c17-15-10(2-1-5-19-15)8-22-16(20)12-6-11-7-13(18)3-4-14(11)21-9-12/h1-7H,8-9H2. The molecule has 0 unspecified atom stereocenters. The van der Waals surface area contributed by atoms with Gasteiger partial charge in [0.25, 0.3) is 0 Å². The molecule has 2 heterocycles. The van der Waals surface area contributed by atoms with Crippen LogP contribution in [-0.2, 0) is 16.1 Å². The van der Waals surface area contributed by atoms with Crippen molar-refractivity contribution in [3.8, 4) is 5.75 Å². The number of ether oxygens (including phenoxy) is 2. The van der Waals surface area contributed by atoms with Crippen LogP contribution in [-0.4, -0.2) is 17.6 Å². The Morgan fingerprint density at radius 1 is 1.41 bits per heavy atom. The van der Waals surface area contributed by atoms with E-state index in [1.807, 2.05) is 0 Å². The van der Waals surface area contributed by atoms with Crippen molar-refractivity contribution in [2.24, 2.45) is 0 Å². The van der Waals surface area contributed by atoms with E-state index in [2.05, 4.69) is 20.9 Å². The van der Waals surface area contributed by atoms with Crippen molar-refractivity contribution in [1.29, 1.82) is 0 Å². The number of hydrogen-bond acceptors (Lipinski definition) is 4. The van der Waals surface area contributed by atoms with E-state index in [1.54, 1.807) is 24.4 Å². The summed E-state index contributed by atoms with van der Waals surface area (Å²) in [5.74, 6) is -0.328. The molecule has 6 heteroatoms. The maximum absolute atomic E-state index is 13.2. The third-order valence-corrected chi connectivity index (χ3v) is 3.86. The number of carbonyl (C=O) groups excluding carboxylic acids is 1. The Bertz CT molecular complexity index is 761.